The Morgan fingerprint density at radius 2 is 1.97 bits per heavy atom. The van der Waals surface area contributed by atoms with Crippen LogP contribution in [0, 0.1) is 0 Å². The van der Waals surface area contributed by atoms with Crippen molar-refractivity contribution in [3.8, 4) is 0 Å². The summed E-state index contributed by atoms with van der Waals surface area (Å²) in [6.45, 7) is 2.03. The van der Waals surface area contributed by atoms with Crippen LogP contribution in [0.4, 0.5) is 10.7 Å². The van der Waals surface area contributed by atoms with E-state index in [1.54, 1.807) is 19.1 Å². The average Bonchev–Trinajstić information content (AvgIpc) is 3.25. The van der Waals surface area contributed by atoms with Gasteiger partial charge in [0.05, 0.1) is 24.3 Å². The summed E-state index contributed by atoms with van der Waals surface area (Å²) in [5.74, 6) is -1.76. The lowest BCUT2D eigenvalue weighted by atomic mass is 9.95. The molecule has 1 aliphatic carbocycles. The quantitative estimate of drug-likeness (QED) is 0.644. The Morgan fingerprint density at radius 1 is 1.23 bits per heavy atom. The van der Waals surface area contributed by atoms with Gasteiger partial charge >= 0.3 is 11.9 Å². The molecule has 1 aliphatic heterocycles. The van der Waals surface area contributed by atoms with E-state index in [0.717, 1.165) is 47.9 Å². The van der Waals surface area contributed by atoms with Gasteiger partial charge in [-0.1, -0.05) is 30.0 Å². The first-order valence-corrected chi connectivity index (χ1v) is 11.9. The maximum absolute atomic E-state index is 13.0. The van der Waals surface area contributed by atoms with Crippen molar-refractivity contribution in [2.45, 2.75) is 44.3 Å². The third-order valence-corrected chi connectivity index (χ3v) is 7.46. The second-order valence-corrected chi connectivity index (χ2v) is 9.47. The van der Waals surface area contributed by atoms with E-state index in [1.165, 1.54) is 16.2 Å². The summed E-state index contributed by atoms with van der Waals surface area (Å²) in [6.07, 6.45) is 3.48. The van der Waals surface area contributed by atoms with E-state index in [9.17, 15) is 19.5 Å². The number of nitrogens with zero attached hydrogens (tertiary/aromatic N) is 2. The summed E-state index contributed by atoms with van der Waals surface area (Å²) >= 11 is 2.59. The number of ether oxygens (including phenoxy) is 1. The minimum Gasteiger partial charge on any atom is -0.481 e. The van der Waals surface area contributed by atoms with Crippen molar-refractivity contribution in [2.75, 3.05) is 11.5 Å². The minimum absolute atomic E-state index is 0.267. The lowest BCUT2D eigenvalue weighted by Gasteiger charge is -2.16. The molecule has 1 N–H and O–H groups in total. The van der Waals surface area contributed by atoms with Crippen LogP contribution in [0.1, 0.15) is 47.0 Å². The Labute approximate surface area is 188 Å². The van der Waals surface area contributed by atoms with Gasteiger partial charge in [-0.2, -0.15) is 0 Å². The topological polar surface area (TPSA) is 96.3 Å². The van der Waals surface area contributed by atoms with Crippen LogP contribution in [0.5, 0.6) is 0 Å². The predicted molar refractivity (Wildman–Crippen MR) is 122 cm³/mol. The number of thiophene rings is 1. The molecule has 1 unspecified atom stereocenters. The number of para-hydroxylation sites is 1. The highest BCUT2D eigenvalue weighted by atomic mass is 32.2. The highest BCUT2D eigenvalue weighted by molar-refractivity contribution is 8.16. The molecule has 1 saturated heterocycles. The van der Waals surface area contributed by atoms with Crippen molar-refractivity contribution in [3.05, 3.63) is 46.3 Å². The largest absolute Gasteiger partial charge is 0.481 e. The number of carbonyl (C=O) groups is 3. The zero-order valence-corrected chi connectivity index (χ0v) is 18.6. The molecule has 9 heteroatoms. The summed E-state index contributed by atoms with van der Waals surface area (Å²) in [5, 5.41) is 9.37. The molecule has 1 amide bonds. The summed E-state index contributed by atoms with van der Waals surface area (Å²) in [6, 6.07) is 9.02. The number of carbonyl (C=O) groups excluding carboxylic acids is 2. The van der Waals surface area contributed by atoms with Crippen LogP contribution in [-0.4, -0.2) is 40.0 Å². The van der Waals surface area contributed by atoms with E-state index in [0.29, 0.717) is 21.4 Å². The van der Waals surface area contributed by atoms with Gasteiger partial charge in [0.15, 0.2) is 5.17 Å². The molecule has 1 atom stereocenters. The van der Waals surface area contributed by atoms with Gasteiger partial charge in [0, 0.05) is 4.88 Å². The maximum atomic E-state index is 13.0. The number of hydrogen-bond acceptors (Lipinski definition) is 7. The molecule has 1 aromatic carbocycles. The fraction of sp³-hybridized carbons (Fsp3) is 0.364. The highest BCUT2D eigenvalue weighted by Crippen LogP contribution is 2.43. The Balaban J connectivity index is 1.80. The van der Waals surface area contributed by atoms with E-state index in [4.69, 9.17) is 9.73 Å². The van der Waals surface area contributed by atoms with E-state index in [2.05, 4.69) is 0 Å². The number of amidine groups is 1. The van der Waals surface area contributed by atoms with Gasteiger partial charge in [-0.15, -0.1) is 11.3 Å². The van der Waals surface area contributed by atoms with Gasteiger partial charge in [-0.05, 0) is 50.3 Å². The molecular formula is C22H22N2O5S2. The van der Waals surface area contributed by atoms with Crippen molar-refractivity contribution < 1.29 is 24.2 Å². The smallest absolute Gasteiger partial charge is 0.341 e. The Kier molecular flexibility index (Phi) is 6.43. The maximum Gasteiger partial charge on any atom is 0.341 e. The van der Waals surface area contributed by atoms with E-state index < -0.39 is 17.2 Å². The number of aliphatic imine (C=N–C) groups is 1. The molecule has 4 rings (SSSR count). The number of rotatable bonds is 6. The van der Waals surface area contributed by atoms with Gasteiger partial charge in [-0.3, -0.25) is 14.5 Å². The first kappa shape index (κ1) is 21.6. The Hall–Kier alpha value is -2.65. The van der Waals surface area contributed by atoms with E-state index >= 15 is 0 Å². The zero-order valence-electron chi connectivity index (χ0n) is 17.0. The zero-order chi connectivity index (χ0) is 22.0. The molecule has 7 nitrogen and oxygen atoms in total. The van der Waals surface area contributed by atoms with Crippen LogP contribution in [0.2, 0.25) is 0 Å². The van der Waals surface area contributed by atoms with Crippen molar-refractivity contribution in [1.82, 2.24) is 0 Å². The predicted octanol–water partition coefficient (Wildman–Crippen LogP) is 4.41. The number of aliphatic carboxylic acids is 1. The molecule has 0 spiro atoms. The number of amides is 1. The summed E-state index contributed by atoms with van der Waals surface area (Å²) < 4.78 is 5.30. The summed E-state index contributed by atoms with van der Waals surface area (Å²) in [5.41, 5.74) is 2.10. The number of aryl methyl sites for hydroxylation is 1. The minimum atomic E-state index is -1.04. The highest BCUT2D eigenvalue weighted by Gasteiger charge is 2.40. The Bertz CT molecular complexity index is 1050. The average molecular weight is 459 g/mol. The number of carboxylic acids is 1. The SMILES string of the molecule is CCOC(=O)c1c(N=C2SC(CC(=O)O)C(=O)N2c2ccccc2)sc2c1CCCC2. The fourth-order valence-corrected chi connectivity index (χ4v) is 6.22. The third-order valence-electron chi connectivity index (χ3n) is 5.14. The molecule has 1 aromatic heterocycles. The van der Waals surface area contributed by atoms with Crippen LogP contribution in [0.15, 0.2) is 35.3 Å². The number of anilines is 1. The molecule has 31 heavy (non-hydrogen) atoms. The first-order valence-electron chi connectivity index (χ1n) is 10.2. The van der Waals surface area contributed by atoms with Crippen molar-refractivity contribution in [2.24, 2.45) is 4.99 Å². The van der Waals surface area contributed by atoms with E-state index in [1.807, 2.05) is 18.2 Å². The fourth-order valence-electron chi connectivity index (χ4n) is 3.78. The van der Waals surface area contributed by atoms with Crippen LogP contribution >= 0.6 is 23.1 Å². The number of hydrogen-bond donors (Lipinski definition) is 1. The standard InChI is InChI=1S/C22H22N2O5S2/c1-2-29-21(28)18-14-10-6-7-11-15(14)30-19(18)23-22-24(13-8-4-3-5-9-13)20(27)16(31-22)12-17(25)26/h3-5,8-9,16H,2,6-7,10-12H2,1H3,(H,25,26). The number of fused-ring (bicyclic) bond motifs is 1. The first-order chi connectivity index (χ1) is 15.0. The molecular weight excluding hydrogens is 436 g/mol. The molecule has 0 bridgehead atoms. The van der Waals surface area contributed by atoms with Gasteiger partial charge in [0.2, 0.25) is 5.91 Å². The van der Waals surface area contributed by atoms with Gasteiger partial charge in [0.25, 0.3) is 0 Å². The number of benzene rings is 1. The molecule has 2 heterocycles. The monoisotopic (exact) mass is 458 g/mol. The number of thioether (sulfide) groups is 1. The summed E-state index contributed by atoms with van der Waals surface area (Å²) in [4.78, 5) is 44.4. The molecule has 162 valence electrons. The van der Waals surface area contributed by atoms with Crippen molar-refractivity contribution in [1.29, 1.82) is 0 Å². The Morgan fingerprint density at radius 3 is 2.68 bits per heavy atom. The van der Waals surface area contributed by atoms with Crippen LogP contribution < -0.4 is 4.90 Å². The number of esters is 1. The van der Waals surface area contributed by atoms with Crippen molar-refractivity contribution in [3.63, 3.8) is 0 Å². The number of carboxylic acid groups (broad SMARTS) is 1. The second kappa shape index (κ2) is 9.23. The van der Waals surface area contributed by atoms with Crippen LogP contribution in [0.25, 0.3) is 0 Å². The van der Waals surface area contributed by atoms with Crippen molar-refractivity contribution >= 4 is 56.8 Å². The van der Waals surface area contributed by atoms with Gasteiger partial charge in [0.1, 0.15) is 10.3 Å². The molecule has 0 saturated carbocycles. The summed E-state index contributed by atoms with van der Waals surface area (Å²) in [7, 11) is 0. The second-order valence-electron chi connectivity index (χ2n) is 7.22. The molecule has 2 aliphatic rings. The lowest BCUT2D eigenvalue weighted by Crippen LogP contribution is -2.32. The molecule has 0 radical (unpaired) electrons. The van der Waals surface area contributed by atoms with Gasteiger partial charge < -0.3 is 9.84 Å². The van der Waals surface area contributed by atoms with Gasteiger partial charge in [-0.25, -0.2) is 9.79 Å². The lowest BCUT2D eigenvalue weighted by molar-refractivity contribution is -0.138. The normalized spacial score (nSPS) is 19.5. The molecule has 2 aromatic rings. The van der Waals surface area contributed by atoms with Crippen LogP contribution in [-0.2, 0) is 27.2 Å². The van der Waals surface area contributed by atoms with Crippen LogP contribution in [0.3, 0.4) is 0 Å². The third kappa shape index (κ3) is 4.38. The molecule has 1 fully saturated rings. The van der Waals surface area contributed by atoms with E-state index in [-0.39, 0.29) is 18.9 Å².